The first kappa shape index (κ1) is 21.2. The lowest BCUT2D eigenvalue weighted by molar-refractivity contribution is -0.146. The summed E-state index contributed by atoms with van der Waals surface area (Å²) in [6.07, 6.45) is 0.921. The summed E-state index contributed by atoms with van der Waals surface area (Å²) in [7, 11) is -1.73. The fourth-order valence-electron chi connectivity index (χ4n) is 3.24. The number of sulfonamides is 1. The first-order valence-corrected chi connectivity index (χ1v) is 10.5. The lowest BCUT2D eigenvalue weighted by atomic mass is 10.0. The molecule has 1 aliphatic heterocycles. The van der Waals surface area contributed by atoms with Crippen LogP contribution in [0.5, 0.6) is 5.75 Å². The van der Waals surface area contributed by atoms with Crippen LogP contribution >= 0.6 is 0 Å². The number of amides is 1. The Morgan fingerprint density at radius 1 is 1.30 bits per heavy atom. The number of methoxy groups -OCH3 is 1. The number of hydrogen-bond acceptors (Lipinski definition) is 5. The van der Waals surface area contributed by atoms with E-state index in [0.717, 1.165) is 5.56 Å². The van der Waals surface area contributed by atoms with Crippen molar-refractivity contribution in [3.8, 4) is 5.75 Å². The summed E-state index contributed by atoms with van der Waals surface area (Å²) in [5.41, 5.74) is 0.737. The molecule has 27 heavy (non-hydrogen) atoms. The van der Waals surface area contributed by atoms with Crippen LogP contribution in [0.3, 0.4) is 0 Å². The zero-order valence-electron chi connectivity index (χ0n) is 15.6. The number of hydrogen-bond donors (Lipinski definition) is 1. The van der Waals surface area contributed by atoms with Gasteiger partial charge in [0.25, 0.3) is 0 Å². The summed E-state index contributed by atoms with van der Waals surface area (Å²) in [6.45, 7) is 1.79. The van der Waals surface area contributed by atoms with Crippen molar-refractivity contribution >= 4 is 21.9 Å². The Hall–Kier alpha value is -2.13. The minimum Gasteiger partial charge on any atom is -0.497 e. The van der Waals surface area contributed by atoms with E-state index in [9.17, 15) is 23.1 Å². The second-order valence-electron chi connectivity index (χ2n) is 6.47. The summed E-state index contributed by atoms with van der Waals surface area (Å²) < 4.78 is 30.5. The van der Waals surface area contributed by atoms with E-state index in [2.05, 4.69) is 0 Å². The summed E-state index contributed by atoms with van der Waals surface area (Å²) in [4.78, 5) is 25.4. The van der Waals surface area contributed by atoms with Crippen LogP contribution < -0.4 is 4.74 Å². The van der Waals surface area contributed by atoms with Gasteiger partial charge in [-0.25, -0.2) is 12.7 Å². The fourth-order valence-corrected chi connectivity index (χ4v) is 4.37. The SMILES string of the molecule is CCS(=O)(=O)N1CCC(N(CC(=O)O)C(=O)Cc2cccc(OC)c2)CC1. The number of carbonyl (C=O) groups is 2. The van der Waals surface area contributed by atoms with E-state index >= 15 is 0 Å². The summed E-state index contributed by atoms with van der Waals surface area (Å²) >= 11 is 0. The molecule has 1 aromatic carbocycles. The molecule has 1 aliphatic rings. The number of benzene rings is 1. The van der Waals surface area contributed by atoms with Crippen LogP contribution in [0.2, 0.25) is 0 Å². The van der Waals surface area contributed by atoms with Gasteiger partial charge in [0.2, 0.25) is 15.9 Å². The van der Waals surface area contributed by atoms with Crippen LogP contribution in [0.25, 0.3) is 0 Å². The minimum atomic E-state index is -3.27. The van der Waals surface area contributed by atoms with Crippen molar-refractivity contribution in [2.24, 2.45) is 0 Å². The van der Waals surface area contributed by atoms with Gasteiger partial charge in [-0.15, -0.1) is 0 Å². The van der Waals surface area contributed by atoms with Gasteiger partial charge in [-0.05, 0) is 37.5 Å². The largest absolute Gasteiger partial charge is 0.497 e. The van der Waals surface area contributed by atoms with Crippen LogP contribution in [0, 0.1) is 0 Å². The molecule has 9 heteroatoms. The molecule has 1 saturated heterocycles. The Balaban J connectivity index is 2.08. The average molecular weight is 398 g/mol. The normalized spacial score (nSPS) is 16.1. The number of aliphatic carboxylic acids is 1. The lowest BCUT2D eigenvalue weighted by Crippen LogP contribution is -2.50. The highest BCUT2D eigenvalue weighted by molar-refractivity contribution is 7.89. The maximum atomic E-state index is 12.8. The smallest absolute Gasteiger partial charge is 0.323 e. The molecule has 0 spiro atoms. The second kappa shape index (κ2) is 9.18. The van der Waals surface area contributed by atoms with E-state index in [1.54, 1.807) is 31.2 Å². The molecule has 1 aromatic rings. The Morgan fingerprint density at radius 3 is 2.52 bits per heavy atom. The highest BCUT2D eigenvalue weighted by Gasteiger charge is 2.32. The quantitative estimate of drug-likeness (QED) is 0.700. The molecule has 1 N–H and O–H groups in total. The molecule has 0 aromatic heterocycles. The van der Waals surface area contributed by atoms with E-state index in [1.165, 1.54) is 16.3 Å². The van der Waals surface area contributed by atoms with E-state index in [0.29, 0.717) is 31.7 Å². The summed E-state index contributed by atoms with van der Waals surface area (Å²) in [5, 5.41) is 9.21. The number of carboxylic acid groups (broad SMARTS) is 1. The highest BCUT2D eigenvalue weighted by atomic mass is 32.2. The predicted octanol–water partition coefficient (Wildman–Crippen LogP) is 0.965. The number of carboxylic acids is 1. The van der Waals surface area contributed by atoms with Crippen LogP contribution in [0.15, 0.2) is 24.3 Å². The molecule has 2 rings (SSSR count). The van der Waals surface area contributed by atoms with Gasteiger partial charge < -0.3 is 14.7 Å². The molecule has 150 valence electrons. The average Bonchev–Trinajstić information content (AvgIpc) is 2.66. The molecular weight excluding hydrogens is 372 g/mol. The van der Waals surface area contributed by atoms with Gasteiger partial charge in [-0.3, -0.25) is 9.59 Å². The van der Waals surface area contributed by atoms with Crippen molar-refractivity contribution in [1.82, 2.24) is 9.21 Å². The van der Waals surface area contributed by atoms with E-state index in [1.807, 2.05) is 0 Å². The van der Waals surface area contributed by atoms with Gasteiger partial charge in [0.15, 0.2) is 0 Å². The predicted molar refractivity (Wildman–Crippen MR) is 100 cm³/mol. The van der Waals surface area contributed by atoms with Crippen molar-refractivity contribution in [2.45, 2.75) is 32.2 Å². The van der Waals surface area contributed by atoms with Crippen molar-refractivity contribution < 1.29 is 27.9 Å². The molecule has 0 unspecified atom stereocenters. The standard InChI is InChI=1S/C18H26N2O6S/c1-3-27(24,25)19-9-7-15(8-10-19)20(13-18(22)23)17(21)12-14-5-4-6-16(11-14)26-2/h4-6,11,15H,3,7-10,12-13H2,1-2H3,(H,22,23). The van der Waals surface area contributed by atoms with E-state index in [-0.39, 0.29) is 24.1 Å². The minimum absolute atomic E-state index is 0.0330. The van der Waals surface area contributed by atoms with Gasteiger partial charge in [-0.1, -0.05) is 12.1 Å². The topological polar surface area (TPSA) is 104 Å². The second-order valence-corrected chi connectivity index (χ2v) is 8.73. The van der Waals surface area contributed by atoms with Crippen molar-refractivity contribution in [2.75, 3.05) is 32.5 Å². The van der Waals surface area contributed by atoms with Gasteiger partial charge >= 0.3 is 5.97 Å². The van der Waals surface area contributed by atoms with Crippen LogP contribution in [-0.4, -0.2) is 73.1 Å². The van der Waals surface area contributed by atoms with E-state index in [4.69, 9.17) is 4.74 Å². The first-order valence-electron chi connectivity index (χ1n) is 8.88. The molecular formula is C18H26N2O6S. The molecule has 1 heterocycles. The molecule has 1 fully saturated rings. The third-order valence-corrected chi connectivity index (χ3v) is 6.62. The molecule has 8 nitrogen and oxygen atoms in total. The summed E-state index contributed by atoms with van der Waals surface area (Å²) in [5.74, 6) is -0.714. The Labute approximate surface area is 159 Å². The van der Waals surface area contributed by atoms with Gasteiger partial charge in [0.1, 0.15) is 12.3 Å². The number of rotatable bonds is 8. The monoisotopic (exact) mass is 398 g/mol. The van der Waals surface area contributed by atoms with Crippen LogP contribution in [0.1, 0.15) is 25.3 Å². The lowest BCUT2D eigenvalue weighted by Gasteiger charge is -2.37. The van der Waals surface area contributed by atoms with Gasteiger partial charge in [-0.2, -0.15) is 0 Å². The highest BCUT2D eigenvalue weighted by Crippen LogP contribution is 2.21. The molecule has 0 bridgehead atoms. The molecule has 0 aliphatic carbocycles. The number of ether oxygens (including phenoxy) is 1. The first-order chi connectivity index (χ1) is 12.8. The van der Waals surface area contributed by atoms with Crippen molar-refractivity contribution in [3.05, 3.63) is 29.8 Å². The van der Waals surface area contributed by atoms with Crippen LogP contribution in [-0.2, 0) is 26.0 Å². The maximum Gasteiger partial charge on any atom is 0.323 e. The number of nitrogens with zero attached hydrogens (tertiary/aromatic N) is 2. The van der Waals surface area contributed by atoms with Crippen LogP contribution in [0.4, 0.5) is 0 Å². The Kier molecular flexibility index (Phi) is 7.20. The van der Waals surface area contributed by atoms with Crippen molar-refractivity contribution in [1.29, 1.82) is 0 Å². The fraction of sp³-hybridized carbons (Fsp3) is 0.556. The zero-order valence-corrected chi connectivity index (χ0v) is 16.4. The van der Waals surface area contributed by atoms with Crippen molar-refractivity contribution in [3.63, 3.8) is 0 Å². The van der Waals surface area contributed by atoms with Gasteiger partial charge in [0.05, 0.1) is 19.3 Å². The molecule has 0 atom stereocenters. The Morgan fingerprint density at radius 2 is 1.96 bits per heavy atom. The summed E-state index contributed by atoms with van der Waals surface area (Å²) in [6, 6.07) is 6.79. The third kappa shape index (κ3) is 5.67. The van der Waals surface area contributed by atoms with E-state index < -0.39 is 22.5 Å². The molecule has 1 amide bonds. The Bertz CT molecular complexity index is 772. The zero-order chi connectivity index (χ0) is 20.0. The third-order valence-electron chi connectivity index (χ3n) is 4.74. The molecule has 0 radical (unpaired) electrons. The molecule has 0 saturated carbocycles. The number of carbonyl (C=O) groups excluding carboxylic acids is 1. The van der Waals surface area contributed by atoms with Gasteiger partial charge in [0, 0.05) is 19.1 Å². The number of piperidine rings is 1. The maximum absolute atomic E-state index is 12.8.